The summed E-state index contributed by atoms with van der Waals surface area (Å²) >= 11 is 0. The second-order valence-electron chi connectivity index (χ2n) is 9.84. The number of phenols is 2. The van der Waals surface area contributed by atoms with Gasteiger partial charge in [-0.15, -0.1) is 0 Å². The van der Waals surface area contributed by atoms with Crippen molar-refractivity contribution >= 4 is 27.7 Å². The number of benzene rings is 2. The molecule has 0 bridgehead atoms. The van der Waals surface area contributed by atoms with E-state index in [2.05, 4.69) is 0 Å². The van der Waals surface area contributed by atoms with E-state index in [1.54, 1.807) is 12.1 Å². The molecule has 1 heterocycles. The Labute approximate surface area is 227 Å². The molecule has 1 fully saturated rings. The van der Waals surface area contributed by atoms with Crippen LogP contribution in [0.4, 0.5) is 0 Å². The van der Waals surface area contributed by atoms with Crippen molar-refractivity contribution < 1.29 is 61.8 Å². The molecule has 15 heteroatoms. The fraction of sp³-hybridized carbons (Fsp3) is 0.400. The summed E-state index contributed by atoms with van der Waals surface area (Å²) in [7, 11) is -4.67. The molecule has 0 saturated carbocycles. The van der Waals surface area contributed by atoms with Gasteiger partial charge in [0.25, 0.3) is 0 Å². The molecule has 2 aromatic carbocycles. The van der Waals surface area contributed by atoms with Crippen LogP contribution in [-0.4, -0.2) is 85.9 Å². The second-order valence-corrected chi connectivity index (χ2v) is 10.7. The zero-order chi connectivity index (χ0) is 29.7. The maximum Gasteiger partial charge on any atom is 0.394 e. The Hall–Kier alpha value is -3.28. The highest BCUT2D eigenvalue weighted by Crippen LogP contribution is 2.51. The number of carbonyl (C=O) groups excluding carboxylic acids is 3. The lowest BCUT2D eigenvalue weighted by atomic mass is 9.71. The number of phenolic OH excluding ortho intramolecular Hbond substituents is 2. The highest BCUT2D eigenvalue weighted by Gasteiger charge is 2.48. The highest BCUT2D eigenvalue weighted by molar-refractivity contribution is 7.79. The summed E-state index contributed by atoms with van der Waals surface area (Å²) in [4.78, 5) is 39.0. The van der Waals surface area contributed by atoms with Crippen molar-refractivity contribution in [1.29, 1.82) is 0 Å². The van der Waals surface area contributed by atoms with Gasteiger partial charge in [-0.25, -0.2) is 0 Å². The first-order valence-corrected chi connectivity index (χ1v) is 13.3. The molecule has 3 aliphatic rings. The number of aromatic hydroxyl groups is 2. The smallest absolute Gasteiger partial charge is 0.394 e. The second kappa shape index (κ2) is 10.6. The van der Waals surface area contributed by atoms with Crippen LogP contribution in [0, 0.1) is 0 Å². The van der Waals surface area contributed by atoms with Gasteiger partial charge in [0.1, 0.15) is 23.4 Å². The summed E-state index contributed by atoms with van der Waals surface area (Å²) in [6, 6.07) is 6.10. The number of fused-ring (bicyclic) bond motifs is 3. The van der Waals surface area contributed by atoms with Crippen molar-refractivity contribution in [3.05, 3.63) is 57.6 Å². The van der Waals surface area contributed by atoms with Crippen LogP contribution in [0.5, 0.6) is 11.5 Å². The average Bonchev–Trinajstić information content (AvgIpc) is 2.85. The molecule has 14 nitrogen and oxygen atoms in total. The van der Waals surface area contributed by atoms with Gasteiger partial charge in [0, 0.05) is 41.5 Å². The van der Waals surface area contributed by atoms with E-state index >= 15 is 0 Å². The molecule has 40 heavy (non-hydrogen) atoms. The zero-order valence-electron chi connectivity index (χ0n) is 21.0. The van der Waals surface area contributed by atoms with Crippen LogP contribution in [0.1, 0.15) is 68.8 Å². The third-order valence-electron chi connectivity index (χ3n) is 7.17. The van der Waals surface area contributed by atoms with Crippen molar-refractivity contribution in [1.82, 2.24) is 0 Å². The number of carbonyl (C=O) groups is 3. The maximum absolute atomic E-state index is 13.3. The molecule has 2 aromatic rings. The summed E-state index contributed by atoms with van der Waals surface area (Å²) in [5.74, 6) is -2.74. The minimum Gasteiger partial charge on any atom is -0.507 e. The summed E-state index contributed by atoms with van der Waals surface area (Å²) in [6.45, 7) is 1.09. The van der Waals surface area contributed by atoms with E-state index in [1.807, 2.05) is 0 Å². The monoisotopic (exact) mass is 581 g/mol. The third-order valence-corrected chi connectivity index (χ3v) is 7.17. The summed E-state index contributed by atoms with van der Waals surface area (Å²) < 4.78 is 43.0. The fourth-order valence-electron chi connectivity index (χ4n) is 5.13. The molecule has 0 spiro atoms. The average molecular weight is 582 g/mol. The largest absolute Gasteiger partial charge is 0.507 e. The Morgan fingerprint density at radius 2 is 1.55 bits per heavy atom. The lowest BCUT2D eigenvalue weighted by Gasteiger charge is -2.41. The van der Waals surface area contributed by atoms with Crippen LogP contribution in [-0.2, 0) is 31.1 Å². The minimum absolute atomic E-state index is 0.0344. The van der Waals surface area contributed by atoms with Gasteiger partial charge in [-0.05, 0) is 6.92 Å². The van der Waals surface area contributed by atoms with Crippen LogP contribution in [0.15, 0.2) is 24.3 Å². The Morgan fingerprint density at radius 3 is 2.05 bits per heavy atom. The van der Waals surface area contributed by atoms with Crippen molar-refractivity contribution in [2.45, 2.75) is 56.3 Å². The van der Waals surface area contributed by atoms with Crippen LogP contribution >= 0.6 is 0 Å². The van der Waals surface area contributed by atoms with Gasteiger partial charge in [-0.1, -0.05) is 24.3 Å². The first-order chi connectivity index (χ1) is 18.5. The summed E-state index contributed by atoms with van der Waals surface area (Å²) in [5, 5.41) is 42.3. The normalized spacial score (nSPS) is 27.6. The molecule has 0 aromatic heterocycles. The summed E-state index contributed by atoms with van der Waals surface area (Å²) in [6.07, 6.45) is -4.74. The van der Waals surface area contributed by atoms with E-state index in [0.29, 0.717) is 0 Å². The highest BCUT2D eigenvalue weighted by atomic mass is 32.3. The molecular formula is C25H27NO13S. The Morgan fingerprint density at radius 1 is 1.02 bits per heavy atom. The number of aliphatic hydroxyl groups is 2. The lowest BCUT2D eigenvalue weighted by Crippen LogP contribution is -2.53. The summed E-state index contributed by atoms with van der Waals surface area (Å²) in [5.41, 5.74) is 4.47. The molecule has 0 radical (unpaired) electrons. The van der Waals surface area contributed by atoms with Gasteiger partial charge in [0.2, 0.25) is 0 Å². The third kappa shape index (κ3) is 5.50. The first kappa shape index (κ1) is 29.7. The number of ketones is 3. The van der Waals surface area contributed by atoms with Crippen LogP contribution in [0.3, 0.4) is 0 Å². The topological polar surface area (TPSA) is 251 Å². The Bertz CT molecular complexity index is 1500. The minimum atomic E-state index is -4.67. The van der Waals surface area contributed by atoms with Crippen LogP contribution < -0.4 is 5.73 Å². The molecule has 8 N–H and O–H groups in total. The number of hydrogen-bond donors (Lipinski definition) is 7. The Balaban J connectivity index is 0.000000681. The van der Waals surface area contributed by atoms with Gasteiger partial charge in [-0.3, -0.25) is 23.5 Å². The zero-order valence-corrected chi connectivity index (χ0v) is 21.8. The molecule has 0 unspecified atom stereocenters. The molecule has 5 atom stereocenters. The van der Waals surface area contributed by atoms with E-state index in [4.69, 9.17) is 32.7 Å². The van der Waals surface area contributed by atoms with Crippen LogP contribution in [0.25, 0.3) is 0 Å². The number of rotatable bonds is 3. The number of nitrogens with two attached hydrogens (primary N) is 1. The van der Waals surface area contributed by atoms with E-state index in [0.717, 1.165) is 0 Å². The van der Waals surface area contributed by atoms with Crippen LogP contribution in [0.2, 0.25) is 0 Å². The molecular weight excluding hydrogens is 554 g/mol. The van der Waals surface area contributed by atoms with E-state index in [1.165, 1.54) is 19.1 Å². The molecule has 2 aliphatic carbocycles. The van der Waals surface area contributed by atoms with E-state index < -0.39 is 69.4 Å². The van der Waals surface area contributed by atoms with Gasteiger partial charge < -0.3 is 35.6 Å². The predicted octanol–water partition coefficient (Wildman–Crippen LogP) is -0.0210. The SMILES string of the molecule is CC(=O)[C@]1(N)Cc2c(O)c3c(c(O)c2[C@@H](O[C@H]2C[C@H](O)[C@H](O)CO2)C1)C(=O)c1ccccc1C3=O.O=S(=O)(O)O. The van der Waals surface area contributed by atoms with Crippen molar-refractivity contribution in [2.75, 3.05) is 6.61 Å². The standard InChI is InChI=1S/C25H25NO9.H2O4S/c1-10(27)25(26)7-13-18(16(8-25)35-17-6-14(28)15(29)9-34-17)24(33)20-19(23(13)32)21(30)11-4-2-3-5-12(11)22(20)31;1-5(2,3)4/h2-5,14-17,28-29,32-33H,6-9,26H2,1H3;(H2,1,2,3,4)/t14-,15+,16-,17-,25-;/m0./s1. The molecule has 5 rings (SSSR count). The predicted molar refractivity (Wildman–Crippen MR) is 133 cm³/mol. The van der Waals surface area contributed by atoms with Crippen molar-refractivity contribution in [3.8, 4) is 11.5 Å². The molecule has 216 valence electrons. The van der Waals surface area contributed by atoms with Crippen molar-refractivity contribution in [2.24, 2.45) is 5.73 Å². The number of ether oxygens (including phenoxy) is 2. The number of hydrogen-bond acceptors (Lipinski definition) is 12. The van der Waals surface area contributed by atoms with Gasteiger partial charge >= 0.3 is 10.4 Å². The van der Waals surface area contributed by atoms with Crippen molar-refractivity contribution in [3.63, 3.8) is 0 Å². The number of Topliss-reactive ketones (excluding diaryl/α,β-unsaturated/α-hetero) is 1. The van der Waals surface area contributed by atoms with Gasteiger partial charge in [-0.2, -0.15) is 8.42 Å². The fourth-order valence-corrected chi connectivity index (χ4v) is 5.13. The van der Waals surface area contributed by atoms with Gasteiger partial charge in [0.05, 0.1) is 35.5 Å². The first-order valence-electron chi connectivity index (χ1n) is 12.0. The van der Waals surface area contributed by atoms with E-state index in [9.17, 15) is 34.8 Å². The number of aliphatic hydroxyl groups excluding tert-OH is 2. The molecule has 1 aliphatic heterocycles. The quantitative estimate of drug-likeness (QED) is 0.159. The maximum atomic E-state index is 13.3. The van der Waals surface area contributed by atoms with E-state index in [-0.39, 0.29) is 59.3 Å². The van der Waals surface area contributed by atoms with Gasteiger partial charge in [0.15, 0.2) is 17.9 Å². The molecule has 0 amide bonds. The Kier molecular flexibility index (Phi) is 7.87. The molecule has 1 saturated heterocycles. The lowest BCUT2D eigenvalue weighted by molar-refractivity contribution is -0.238.